The third kappa shape index (κ3) is 4.56. The van der Waals surface area contributed by atoms with Gasteiger partial charge in [-0.15, -0.1) is 0 Å². The monoisotopic (exact) mass is 510 g/mol. The molecule has 0 saturated heterocycles. The molecule has 6 rings (SSSR count). The maximum atomic E-state index is 11.7. The van der Waals surface area contributed by atoms with Gasteiger partial charge in [-0.25, -0.2) is 4.98 Å². The predicted molar refractivity (Wildman–Crippen MR) is 146 cm³/mol. The van der Waals surface area contributed by atoms with Gasteiger partial charge in [0.2, 0.25) is 0 Å². The molecule has 37 heavy (non-hydrogen) atoms. The highest BCUT2D eigenvalue weighted by molar-refractivity contribution is 6.21. The number of hydrogen-bond acceptors (Lipinski definition) is 3. The van der Waals surface area contributed by atoms with E-state index in [9.17, 15) is 9.90 Å². The van der Waals surface area contributed by atoms with Crippen molar-refractivity contribution in [2.45, 2.75) is 43.7 Å². The largest absolute Gasteiger partial charge is 0.487 e. The van der Waals surface area contributed by atoms with Gasteiger partial charge in [0.05, 0.1) is 23.1 Å². The number of fused-ring (bicyclic) bond motifs is 4. The molecule has 186 valence electrons. The zero-order chi connectivity index (χ0) is 25.4. The fourth-order valence-electron chi connectivity index (χ4n) is 5.60. The Hall–Kier alpha value is -3.83. The zero-order valence-electron chi connectivity index (χ0n) is 20.3. The fourth-order valence-corrected chi connectivity index (χ4v) is 5.95. The summed E-state index contributed by atoms with van der Waals surface area (Å²) >= 11 is 7.10. The minimum absolute atomic E-state index is 0.0789. The van der Waals surface area contributed by atoms with Gasteiger partial charge < -0.3 is 14.4 Å². The molecule has 1 aliphatic carbocycles. The lowest BCUT2D eigenvalue weighted by Crippen LogP contribution is -2.18. The van der Waals surface area contributed by atoms with Crippen LogP contribution in [-0.4, -0.2) is 20.6 Å². The van der Waals surface area contributed by atoms with Gasteiger partial charge in [-0.1, -0.05) is 66.2 Å². The Morgan fingerprint density at radius 1 is 1.05 bits per heavy atom. The Balaban J connectivity index is 1.39. The van der Waals surface area contributed by atoms with Crippen molar-refractivity contribution in [2.75, 3.05) is 0 Å². The smallest absolute Gasteiger partial charge is 0.304 e. The second-order valence-electron chi connectivity index (χ2n) is 9.63. The number of carboxylic acid groups (broad SMARTS) is 1. The number of carbonyl (C=O) groups is 1. The molecule has 0 amide bonds. The molecule has 2 aromatic heterocycles. The molecule has 6 heteroatoms. The molecule has 0 saturated carbocycles. The SMILES string of the molecule is O=C(O)CC1CCCc2c1n(C(Cl)c1ccccc1)c1ccc(OCc3ccc4ccccc4n3)cc21. The van der Waals surface area contributed by atoms with Gasteiger partial charge in [-0.05, 0) is 60.7 Å². The van der Waals surface area contributed by atoms with Crippen molar-refractivity contribution in [1.29, 1.82) is 0 Å². The molecule has 1 aliphatic rings. The van der Waals surface area contributed by atoms with Crippen LogP contribution >= 0.6 is 11.6 Å². The summed E-state index contributed by atoms with van der Waals surface area (Å²) in [5.74, 6) is -0.106. The van der Waals surface area contributed by atoms with E-state index in [2.05, 4.69) is 16.7 Å². The van der Waals surface area contributed by atoms with Crippen LogP contribution in [0.2, 0.25) is 0 Å². The average Bonchev–Trinajstić information content (AvgIpc) is 3.26. The van der Waals surface area contributed by atoms with Crippen molar-refractivity contribution in [3.05, 3.63) is 107 Å². The van der Waals surface area contributed by atoms with Crippen molar-refractivity contribution in [2.24, 2.45) is 0 Å². The lowest BCUT2D eigenvalue weighted by atomic mass is 9.84. The lowest BCUT2D eigenvalue weighted by molar-refractivity contribution is -0.137. The maximum absolute atomic E-state index is 11.7. The van der Waals surface area contributed by atoms with E-state index < -0.39 is 11.5 Å². The highest BCUT2D eigenvalue weighted by Crippen LogP contribution is 2.44. The number of aryl methyl sites for hydroxylation is 1. The van der Waals surface area contributed by atoms with Gasteiger partial charge >= 0.3 is 5.97 Å². The van der Waals surface area contributed by atoms with E-state index in [4.69, 9.17) is 21.3 Å². The Labute approximate surface area is 220 Å². The van der Waals surface area contributed by atoms with E-state index in [1.807, 2.05) is 72.8 Å². The van der Waals surface area contributed by atoms with Crippen molar-refractivity contribution in [1.82, 2.24) is 9.55 Å². The number of para-hydroxylation sites is 1. The Bertz CT molecular complexity index is 1600. The fraction of sp³-hybridized carbons (Fsp3) is 0.226. The summed E-state index contributed by atoms with van der Waals surface area (Å²) in [6, 6.07) is 28.1. The van der Waals surface area contributed by atoms with Crippen molar-refractivity contribution < 1.29 is 14.6 Å². The number of pyridine rings is 1. The minimum Gasteiger partial charge on any atom is -0.487 e. The molecule has 0 fully saturated rings. The molecule has 2 atom stereocenters. The van der Waals surface area contributed by atoms with Crippen LogP contribution in [0.4, 0.5) is 0 Å². The molecule has 5 nitrogen and oxygen atoms in total. The second-order valence-corrected chi connectivity index (χ2v) is 10.0. The summed E-state index contributed by atoms with van der Waals surface area (Å²) < 4.78 is 8.33. The summed E-state index contributed by atoms with van der Waals surface area (Å²) in [5, 5.41) is 11.8. The van der Waals surface area contributed by atoms with Gasteiger partial charge in [0.15, 0.2) is 0 Å². The maximum Gasteiger partial charge on any atom is 0.304 e. The number of alkyl halides is 1. The molecule has 2 unspecified atom stereocenters. The van der Waals surface area contributed by atoms with Gasteiger partial charge in [-0.3, -0.25) is 4.79 Å². The van der Waals surface area contributed by atoms with Gasteiger partial charge in [0.1, 0.15) is 17.9 Å². The van der Waals surface area contributed by atoms with Crippen LogP contribution < -0.4 is 4.74 Å². The quantitative estimate of drug-likeness (QED) is 0.231. The van der Waals surface area contributed by atoms with Crippen molar-refractivity contribution in [3.63, 3.8) is 0 Å². The highest BCUT2D eigenvalue weighted by atomic mass is 35.5. The molecule has 5 aromatic rings. The molecule has 0 bridgehead atoms. The molecule has 3 aromatic carbocycles. The second kappa shape index (κ2) is 9.91. The third-order valence-electron chi connectivity index (χ3n) is 7.25. The van der Waals surface area contributed by atoms with E-state index in [1.165, 1.54) is 5.56 Å². The molecule has 2 heterocycles. The molecule has 0 aliphatic heterocycles. The first kappa shape index (κ1) is 23.6. The van der Waals surface area contributed by atoms with Crippen LogP contribution in [0.3, 0.4) is 0 Å². The van der Waals surface area contributed by atoms with Crippen LogP contribution in [0.5, 0.6) is 5.75 Å². The number of aromatic nitrogens is 2. The number of rotatable bonds is 7. The van der Waals surface area contributed by atoms with Gasteiger partial charge in [0, 0.05) is 22.4 Å². The molecular formula is C31H27ClN2O3. The summed E-state index contributed by atoms with van der Waals surface area (Å²) in [4.78, 5) is 16.5. The standard InChI is InChI=1S/C31H27ClN2O3/c32-31(21-8-2-1-3-9-21)34-28-16-15-24(37-19-23-14-13-20-7-4-5-12-27(20)33-23)18-26(28)25-11-6-10-22(30(25)34)17-29(35)36/h1-5,7-9,12-16,18,22,31H,6,10-11,17,19H2,(H,35,36). The topological polar surface area (TPSA) is 64.3 Å². The van der Waals surface area contributed by atoms with Crippen LogP contribution in [0, 0.1) is 0 Å². The van der Waals surface area contributed by atoms with E-state index >= 15 is 0 Å². The number of ether oxygens (including phenoxy) is 1. The normalized spacial score (nSPS) is 16.0. The number of nitrogens with zero attached hydrogens (tertiary/aromatic N) is 2. The number of hydrogen-bond donors (Lipinski definition) is 1. The summed E-state index contributed by atoms with van der Waals surface area (Å²) in [6.45, 7) is 0.364. The van der Waals surface area contributed by atoms with Crippen LogP contribution in [0.15, 0.2) is 84.9 Å². The number of carboxylic acids is 1. The Kier molecular flexibility index (Phi) is 6.31. The molecule has 1 N–H and O–H groups in total. The van der Waals surface area contributed by atoms with E-state index in [0.717, 1.165) is 63.8 Å². The first-order valence-corrected chi connectivity index (χ1v) is 13.1. The van der Waals surface area contributed by atoms with Gasteiger partial charge in [-0.2, -0.15) is 0 Å². The Morgan fingerprint density at radius 2 is 1.86 bits per heavy atom. The van der Waals surface area contributed by atoms with Crippen molar-refractivity contribution in [3.8, 4) is 5.75 Å². The predicted octanol–water partition coefficient (Wildman–Crippen LogP) is 7.45. The summed E-state index contributed by atoms with van der Waals surface area (Å²) in [7, 11) is 0. The van der Waals surface area contributed by atoms with Crippen LogP contribution in [-0.2, 0) is 17.8 Å². The zero-order valence-corrected chi connectivity index (χ0v) is 21.1. The minimum atomic E-state index is -0.785. The molecule has 0 radical (unpaired) electrons. The first-order chi connectivity index (χ1) is 18.1. The third-order valence-corrected chi connectivity index (χ3v) is 7.70. The van der Waals surface area contributed by atoms with Crippen molar-refractivity contribution >= 4 is 39.4 Å². The lowest BCUT2D eigenvalue weighted by Gasteiger charge is -2.27. The van der Waals surface area contributed by atoms with Crippen LogP contribution in [0.25, 0.3) is 21.8 Å². The van der Waals surface area contributed by atoms with E-state index in [-0.39, 0.29) is 12.3 Å². The van der Waals surface area contributed by atoms with Crippen LogP contribution in [0.1, 0.15) is 53.2 Å². The highest BCUT2D eigenvalue weighted by Gasteiger charge is 2.31. The van der Waals surface area contributed by atoms with E-state index in [1.54, 1.807) is 0 Å². The Morgan fingerprint density at radius 3 is 2.70 bits per heavy atom. The average molecular weight is 511 g/mol. The first-order valence-electron chi connectivity index (χ1n) is 12.6. The number of benzene rings is 3. The molecular weight excluding hydrogens is 484 g/mol. The van der Waals surface area contributed by atoms with E-state index in [0.29, 0.717) is 6.61 Å². The molecule has 0 spiro atoms. The number of aliphatic carboxylic acids is 1. The van der Waals surface area contributed by atoms with Gasteiger partial charge in [0.25, 0.3) is 0 Å². The summed E-state index contributed by atoms with van der Waals surface area (Å²) in [5.41, 5.74) is 5.58. The summed E-state index contributed by atoms with van der Waals surface area (Å²) in [6.07, 6.45) is 2.78. The number of halogens is 1.